The number of piperidine rings is 1. The number of thiocarbonyl (C=S) groups is 1. The molecule has 0 aromatic heterocycles. The third kappa shape index (κ3) is 7.19. The maximum atomic E-state index is 9.08. The zero-order chi connectivity index (χ0) is 23.0. The molecule has 2 heterocycles. The minimum atomic E-state index is 0. The molecule has 0 atom stereocenters. The van der Waals surface area contributed by atoms with Crippen molar-refractivity contribution in [1.82, 2.24) is 9.80 Å². The molecule has 0 radical (unpaired) electrons. The summed E-state index contributed by atoms with van der Waals surface area (Å²) in [5, 5.41) is 12.7. The molecular formula is C28H39N5S. The van der Waals surface area contributed by atoms with E-state index in [4.69, 9.17) is 17.5 Å². The van der Waals surface area contributed by atoms with Crippen LogP contribution in [-0.4, -0.2) is 66.6 Å². The summed E-state index contributed by atoms with van der Waals surface area (Å²) in [6.07, 6.45) is 4.31. The fraction of sp³-hybridized carbons (Fsp3) is 0.500. The van der Waals surface area contributed by atoms with Gasteiger partial charge >= 0.3 is 0 Å². The van der Waals surface area contributed by atoms with Crippen molar-refractivity contribution in [2.45, 2.75) is 46.1 Å². The highest BCUT2D eigenvalue weighted by Gasteiger charge is 2.21. The van der Waals surface area contributed by atoms with Gasteiger partial charge in [0.1, 0.15) is 0 Å². The number of aryl methyl sites for hydroxylation is 1. The molecule has 0 saturated carbocycles. The normalized spacial score (nSPS) is 17.1. The van der Waals surface area contributed by atoms with Gasteiger partial charge in [0.25, 0.3) is 0 Å². The van der Waals surface area contributed by atoms with E-state index in [0.717, 1.165) is 82.2 Å². The second kappa shape index (κ2) is 12.7. The second-order valence-electron chi connectivity index (χ2n) is 9.26. The lowest BCUT2D eigenvalue weighted by Gasteiger charge is -2.37. The van der Waals surface area contributed by atoms with Crippen molar-refractivity contribution in [3.63, 3.8) is 0 Å². The Morgan fingerprint density at radius 1 is 1.03 bits per heavy atom. The number of nitrogens with one attached hydrogen (secondary N) is 1. The van der Waals surface area contributed by atoms with Crippen LogP contribution in [0.1, 0.15) is 44.2 Å². The van der Waals surface area contributed by atoms with Crippen LogP contribution in [0.25, 0.3) is 0 Å². The summed E-state index contributed by atoms with van der Waals surface area (Å²) in [7, 11) is 0. The molecule has 5 nitrogen and oxygen atoms in total. The van der Waals surface area contributed by atoms with Gasteiger partial charge in [0, 0.05) is 56.7 Å². The average Bonchev–Trinajstić information content (AvgIpc) is 2.85. The van der Waals surface area contributed by atoms with Crippen LogP contribution in [-0.2, 0) is 0 Å². The highest BCUT2D eigenvalue weighted by molar-refractivity contribution is 7.80. The summed E-state index contributed by atoms with van der Waals surface area (Å²) < 4.78 is 0. The molecule has 34 heavy (non-hydrogen) atoms. The summed E-state index contributed by atoms with van der Waals surface area (Å²) >= 11 is 5.78. The van der Waals surface area contributed by atoms with Crippen LogP contribution in [0.2, 0.25) is 0 Å². The maximum absolute atomic E-state index is 9.08. The molecule has 2 aromatic rings. The smallest absolute Gasteiger partial charge is 0.0992 e. The van der Waals surface area contributed by atoms with Crippen LogP contribution < -0.4 is 10.2 Å². The van der Waals surface area contributed by atoms with E-state index >= 15 is 0 Å². The lowest BCUT2D eigenvalue weighted by molar-refractivity contribution is 0.254. The van der Waals surface area contributed by atoms with Gasteiger partial charge in [-0.2, -0.15) is 5.26 Å². The van der Waals surface area contributed by atoms with Crippen LogP contribution in [0.3, 0.4) is 0 Å². The van der Waals surface area contributed by atoms with Crippen LogP contribution in [0.4, 0.5) is 11.4 Å². The summed E-state index contributed by atoms with van der Waals surface area (Å²) in [5.41, 5.74) is 4.41. The predicted octanol–water partition coefficient (Wildman–Crippen LogP) is 5.31. The number of anilines is 2. The van der Waals surface area contributed by atoms with Gasteiger partial charge < -0.3 is 15.1 Å². The quantitative estimate of drug-likeness (QED) is 0.546. The van der Waals surface area contributed by atoms with Crippen LogP contribution in [0.5, 0.6) is 0 Å². The predicted molar refractivity (Wildman–Crippen MR) is 148 cm³/mol. The number of likely N-dealkylation sites (tertiary alicyclic amines) is 1. The van der Waals surface area contributed by atoms with Crippen molar-refractivity contribution in [2.75, 3.05) is 56.0 Å². The third-order valence-corrected chi connectivity index (χ3v) is 7.31. The molecule has 2 aliphatic heterocycles. The van der Waals surface area contributed by atoms with E-state index in [0.29, 0.717) is 11.6 Å². The van der Waals surface area contributed by atoms with Gasteiger partial charge in [-0.3, -0.25) is 4.90 Å². The Balaban J connectivity index is 0.00000324. The molecule has 4 rings (SSSR count). The van der Waals surface area contributed by atoms with E-state index in [1.165, 1.54) is 11.3 Å². The zero-order valence-electron chi connectivity index (χ0n) is 19.7. The molecule has 1 N–H and O–H groups in total. The van der Waals surface area contributed by atoms with Crippen molar-refractivity contribution >= 4 is 28.6 Å². The number of piperazine rings is 1. The number of benzene rings is 2. The first-order valence-electron chi connectivity index (χ1n) is 12.2. The first kappa shape index (κ1) is 26.0. The van der Waals surface area contributed by atoms with Gasteiger partial charge in [0.15, 0.2) is 0 Å². The molecule has 2 saturated heterocycles. The number of nitriles is 1. The number of hydrogen-bond donors (Lipinski definition) is 1. The van der Waals surface area contributed by atoms with Gasteiger partial charge in [0.2, 0.25) is 0 Å². The summed E-state index contributed by atoms with van der Waals surface area (Å²) in [5.74, 6) is 0. The van der Waals surface area contributed by atoms with Crippen LogP contribution in [0.15, 0.2) is 48.5 Å². The van der Waals surface area contributed by atoms with E-state index in [9.17, 15) is 0 Å². The third-order valence-electron chi connectivity index (χ3n) is 6.85. The number of rotatable bonds is 7. The van der Waals surface area contributed by atoms with E-state index < -0.39 is 0 Å². The van der Waals surface area contributed by atoms with Crippen molar-refractivity contribution < 1.29 is 0 Å². The molecular weight excluding hydrogens is 438 g/mol. The minimum absolute atomic E-state index is 0. The van der Waals surface area contributed by atoms with Crippen molar-refractivity contribution in [3.05, 3.63) is 59.7 Å². The van der Waals surface area contributed by atoms with E-state index in [2.05, 4.69) is 57.3 Å². The highest BCUT2D eigenvalue weighted by Crippen LogP contribution is 2.20. The number of nitrogens with zero attached hydrogens (tertiary/aromatic N) is 4. The molecule has 6 heteroatoms. The fourth-order valence-corrected chi connectivity index (χ4v) is 5.11. The topological polar surface area (TPSA) is 45.5 Å². The Hall–Kier alpha value is -2.62. The SMILES string of the molecule is C.Cc1ccc(N2CCN(CCCC(=S)N3CCC(Nc4cccc(C#N)c4)CC3)CC2)cc1. The fourth-order valence-electron chi connectivity index (χ4n) is 4.78. The van der Waals surface area contributed by atoms with Crippen molar-refractivity contribution in [2.24, 2.45) is 0 Å². The molecule has 2 aromatic carbocycles. The lowest BCUT2D eigenvalue weighted by atomic mass is 10.0. The summed E-state index contributed by atoms with van der Waals surface area (Å²) in [6, 6.07) is 19.3. The van der Waals surface area contributed by atoms with E-state index in [-0.39, 0.29) is 7.43 Å². The van der Waals surface area contributed by atoms with E-state index in [1.807, 2.05) is 24.3 Å². The molecule has 0 spiro atoms. The van der Waals surface area contributed by atoms with Crippen molar-refractivity contribution in [3.8, 4) is 6.07 Å². The average molecular weight is 478 g/mol. The first-order valence-corrected chi connectivity index (χ1v) is 12.6. The molecule has 0 bridgehead atoms. The molecule has 2 fully saturated rings. The minimum Gasteiger partial charge on any atom is -0.382 e. The molecule has 2 aliphatic rings. The summed E-state index contributed by atoms with van der Waals surface area (Å²) in [4.78, 5) is 8.60. The zero-order valence-corrected chi connectivity index (χ0v) is 20.5. The van der Waals surface area contributed by atoms with Gasteiger partial charge in [-0.25, -0.2) is 0 Å². The molecule has 182 valence electrons. The van der Waals surface area contributed by atoms with Gasteiger partial charge in [0.05, 0.1) is 16.6 Å². The highest BCUT2D eigenvalue weighted by atomic mass is 32.1. The van der Waals surface area contributed by atoms with Crippen LogP contribution in [0, 0.1) is 18.3 Å². The Morgan fingerprint density at radius 2 is 1.74 bits per heavy atom. The molecule has 0 amide bonds. The standard InChI is InChI=1S/C27H35N5S.CH4/c1-22-7-9-26(10-8-22)31-18-16-30(17-19-31)13-3-6-27(33)32-14-11-24(12-15-32)29-25-5-2-4-23(20-25)21-28;/h2,4-5,7-10,20,24,29H,3,6,11-19H2,1H3;1H4. The Morgan fingerprint density at radius 3 is 2.41 bits per heavy atom. The first-order chi connectivity index (χ1) is 16.1. The summed E-state index contributed by atoms with van der Waals surface area (Å²) in [6.45, 7) is 9.77. The van der Waals surface area contributed by atoms with Gasteiger partial charge in [-0.15, -0.1) is 0 Å². The monoisotopic (exact) mass is 477 g/mol. The van der Waals surface area contributed by atoms with Gasteiger partial charge in [-0.1, -0.05) is 43.4 Å². The Bertz CT molecular complexity index is 952. The van der Waals surface area contributed by atoms with Crippen LogP contribution >= 0.6 is 12.2 Å². The Labute approximate surface area is 211 Å². The Kier molecular flexibility index (Phi) is 9.74. The van der Waals surface area contributed by atoms with Crippen molar-refractivity contribution in [1.29, 1.82) is 5.26 Å². The lowest BCUT2D eigenvalue weighted by Crippen LogP contribution is -2.47. The largest absolute Gasteiger partial charge is 0.382 e. The maximum Gasteiger partial charge on any atom is 0.0992 e. The second-order valence-corrected chi connectivity index (χ2v) is 9.73. The van der Waals surface area contributed by atoms with E-state index in [1.54, 1.807) is 0 Å². The molecule has 0 unspecified atom stereocenters. The van der Waals surface area contributed by atoms with Gasteiger partial charge in [-0.05, 0) is 69.5 Å². The number of hydrogen-bond acceptors (Lipinski definition) is 5. The molecule has 0 aliphatic carbocycles.